The Morgan fingerprint density at radius 3 is 1.55 bits per heavy atom. The molecule has 1 spiro atoms. The van der Waals surface area contributed by atoms with Gasteiger partial charge in [0.1, 0.15) is 116 Å². The van der Waals surface area contributed by atoms with Gasteiger partial charge in [0.15, 0.2) is 25.2 Å². The Morgan fingerprint density at radius 1 is 0.519 bits per heavy atom. The molecule has 442 valence electrons. The van der Waals surface area contributed by atoms with Crippen LogP contribution in [0.5, 0.6) is 0 Å². The third-order valence-electron chi connectivity index (χ3n) is 19.2. The predicted octanol–water partition coefficient (Wildman–Crippen LogP) is -6.26. The van der Waals surface area contributed by atoms with Gasteiger partial charge in [0.2, 0.25) is 6.29 Å². The zero-order chi connectivity index (χ0) is 56.0. The molecule has 5 aliphatic heterocycles. The van der Waals surface area contributed by atoms with Crippen LogP contribution in [0.3, 0.4) is 0 Å². The van der Waals surface area contributed by atoms with Crippen molar-refractivity contribution >= 4 is 5.97 Å². The third-order valence-corrected chi connectivity index (χ3v) is 19.2. The number of hydrogen-bond acceptors (Lipinski definition) is 27. The minimum atomic E-state index is -2.03. The highest BCUT2D eigenvalue weighted by Crippen LogP contribution is 2.74. The maximum absolute atomic E-state index is 14.4. The first-order valence-corrected chi connectivity index (χ1v) is 26.7. The van der Waals surface area contributed by atoms with Gasteiger partial charge < -0.3 is 129 Å². The summed E-state index contributed by atoms with van der Waals surface area (Å²) in [5.74, 6) is -0.901. The fraction of sp³-hybridized carbons (Fsp3) is 0.940. The highest BCUT2D eigenvalue weighted by Gasteiger charge is 2.70. The van der Waals surface area contributed by atoms with Crippen LogP contribution in [0.15, 0.2) is 12.2 Å². The molecule has 9 rings (SSSR count). The van der Waals surface area contributed by atoms with Gasteiger partial charge in [0, 0.05) is 0 Å². The van der Waals surface area contributed by atoms with Crippen LogP contribution in [0.2, 0.25) is 0 Å². The maximum atomic E-state index is 14.4. The standard InChI is InChI=1S/C50H80O27/c1-18-12-49-10-6-24-47(3,8-5-9-48(24,4)46(67)76-43-36(65)33(62)29(58)22(15-53)71-43)25(49)7-11-50(18,17-49)77-45-40(39(30(59)23(16-54)72-45)74-42-35(64)32(61)28(57)21(14-52)70-42)75-44-37(66)38(26(55)19(2)68-44)73-41-34(63)31(60)27(56)20(13-51)69-41/h19-45,51-66H,1,5-17H2,2-4H3/t19-,20+,21-,22-,23-,24+,25+,26-,27+,28-,29-,30-,31-,32+,33+,34+,35-,36-,37+,38+,39+,40-,41-,42+,43+,44-,45+,47-,48-,49-,50+/m1/s1. The molecule has 0 radical (unpaired) electrons. The van der Waals surface area contributed by atoms with Crippen molar-refractivity contribution in [3.63, 3.8) is 0 Å². The molecule has 0 amide bonds. The first kappa shape index (κ1) is 59.8. The second kappa shape index (κ2) is 22.8. The van der Waals surface area contributed by atoms with Crippen molar-refractivity contribution in [1.82, 2.24) is 0 Å². The highest BCUT2D eigenvalue weighted by atomic mass is 16.8. The van der Waals surface area contributed by atoms with Crippen LogP contribution in [0, 0.1) is 28.1 Å². The molecule has 4 aliphatic carbocycles. The molecule has 9 aliphatic rings. The van der Waals surface area contributed by atoms with Crippen molar-refractivity contribution in [2.24, 2.45) is 28.1 Å². The van der Waals surface area contributed by atoms with E-state index in [1.54, 1.807) is 0 Å². The number of rotatable bonds is 14. The van der Waals surface area contributed by atoms with Crippen molar-refractivity contribution in [3.8, 4) is 0 Å². The minimum absolute atomic E-state index is 0.0163. The number of ether oxygens (including phenoxy) is 10. The Morgan fingerprint density at radius 2 is 0.987 bits per heavy atom. The van der Waals surface area contributed by atoms with Gasteiger partial charge in [-0.3, -0.25) is 4.79 Å². The lowest BCUT2D eigenvalue weighted by Crippen LogP contribution is -2.68. The number of hydrogen-bond donors (Lipinski definition) is 16. The average Bonchev–Trinajstić information content (AvgIpc) is 3.82. The average molecular weight is 1110 g/mol. The molecule has 16 N–H and O–H groups in total. The van der Waals surface area contributed by atoms with Crippen LogP contribution in [0.1, 0.15) is 78.6 Å². The number of aliphatic hydroxyl groups is 16. The first-order chi connectivity index (χ1) is 36.3. The van der Waals surface area contributed by atoms with Crippen LogP contribution >= 0.6 is 0 Å². The van der Waals surface area contributed by atoms with Gasteiger partial charge in [-0.15, -0.1) is 0 Å². The molecule has 2 bridgehead atoms. The van der Waals surface area contributed by atoms with Crippen molar-refractivity contribution in [2.75, 3.05) is 26.4 Å². The van der Waals surface area contributed by atoms with Crippen molar-refractivity contribution in [1.29, 1.82) is 0 Å². The van der Waals surface area contributed by atoms with Crippen LogP contribution in [-0.4, -0.2) is 273 Å². The predicted molar refractivity (Wildman–Crippen MR) is 250 cm³/mol. The van der Waals surface area contributed by atoms with Crippen LogP contribution in [-0.2, 0) is 52.2 Å². The Balaban J connectivity index is 0.996. The Hall–Kier alpha value is -1.79. The second-order valence-electron chi connectivity index (χ2n) is 23.6. The Bertz CT molecular complexity index is 2050. The lowest BCUT2D eigenvalue weighted by molar-refractivity contribution is -0.405. The van der Waals surface area contributed by atoms with E-state index >= 15 is 0 Å². The van der Waals surface area contributed by atoms with E-state index in [4.69, 9.17) is 47.4 Å². The lowest BCUT2D eigenvalue weighted by Gasteiger charge is -2.64. The van der Waals surface area contributed by atoms with E-state index < -0.39 is 208 Å². The molecule has 27 heteroatoms. The van der Waals surface area contributed by atoms with Crippen molar-refractivity contribution in [3.05, 3.63) is 12.2 Å². The largest absolute Gasteiger partial charge is 0.432 e. The molecule has 27 nitrogen and oxygen atoms in total. The van der Waals surface area contributed by atoms with Crippen LogP contribution in [0.25, 0.3) is 0 Å². The monoisotopic (exact) mass is 1110 g/mol. The normalized spacial score (nSPS) is 55.1. The Labute approximate surface area is 443 Å². The van der Waals surface area contributed by atoms with Crippen LogP contribution in [0.4, 0.5) is 0 Å². The van der Waals surface area contributed by atoms with Gasteiger partial charge >= 0.3 is 5.97 Å². The quantitative estimate of drug-likeness (QED) is 0.0437. The van der Waals surface area contributed by atoms with E-state index in [0.29, 0.717) is 56.9 Å². The molecule has 5 saturated heterocycles. The van der Waals surface area contributed by atoms with E-state index in [9.17, 15) is 86.5 Å². The SMILES string of the molecule is C=C1C[C@@]23CC[C@H]4[C@@](C)(CCC[C@@]4(C)C(=O)O[C@@H]4O[C@H](CO)[C@@H](O)[C@H](O)[C@H]4O)[C@@H]2CC[C@]1(O[C@@H]1O[C@H](CO)[C@@H](O)[C@H](O[C@@H]2O[C@H](CO)[C@@H](O)[C@H](O)[C@H]2O)[C@H]1O[C@H]1O[C@H](C)[C@@H](O)[C@H](O[C@H]2O[C@@H](CO)[C@H](O)[C@@H](O)[C@@H]2O)[C@@H]1O)C3. The number of carbonyl (C=O) groups is 1. The fourth-order valence-electron chi connectivity index (χ4n) is 14.9. The summed E-state index contributed by atoms with van der Waals surface area (Å²) < 4.78 is 60.6. The number of esters is 1. The second-order valence-corrected chi connectivity index (χ2v) is 23.6. The van der Waals surface area contributed by atoms with Gasteiger partial charge in [-0.2, -0.15) is 0 Å². The highest BCUT2D eigenvalue weighted by molar-refractivity contribution is 5.77. The lowest BCUT2D eigenvalue weighted by atomic mass is 9.41. The van der Waals surface area contributed by atoms with E-state index in [-0.39, 0.29) is 11.8 Å². The molecule has 31 atom stereocenters. The zero-order valence-corrected chi connectivity index (χ0v) is 43.1. The molecule has 0 unspecified atom stereocenters. The van der Waals surface area contributed by atoms with E-state index in [1.165, 1.54) is 6.92 Å². The van der Waals surface area contributed by atoms with Gasteiger partial charge in [0.05, 0.1) is 43.5 Å². The molecule has 5 heterocycles. The van der Waals surface area contributed by atoms with E-state index in [0.717, 1.165) is 6.42 Å². The van der Waals surface area contributed by atoms with Crippen LogP contribution < -0.4 is 0 Å². The topological polar surface area (TPSA) is 433 Å². The summed E-state index contributed by atoms with van der Waals surface area (Å²) in [6.07, 6.45) is -38.7. The van der Waals surface area contributed by atoms with E-state index in [2.05, 4.69) is 13.5 Å². The van der Waals surface area contributed by atoms with Gasteiger partial charge in [-0.25, -0.2) is 0 Å². The van der Waals surface area contributed by atoms with Gasteiger partial charge in [-0.05, 0) is 93.5 Å². The van der Waals surface area contributed by atoms with Gasteiger partial charge in [0.25, 0.3) is 0 Å². The molecule has 0 aromatic carbocycles. The summed E-state index contributed by atoms with van der Waals surface area (Å²) in [5.41, 5.74) is -2.54. The molecular formula is C50H80O27. The number of aliphatic hydroxyl groups excluding tert-OH is 16. The zero-order valence-electron chi connectivity index (χ0n) is 43.1. The molecule has 0 aromatic heterocycles. The van der Waals surface area contributed by atoms with Crippen molar-refractivity contribution < 1.29 is 134 Å². The summed E-state index contributed by atoms with van der Waals surface area (Å²) in [6, 6.07) is 0. The minimum Gasteiger partial charge on any atom is -0.432 e. The number of fused-ring (bicyclic) bond motifs is 3. The molecule has 0 aromatic rings. The molecule has 4 saturated carbocycles. The summed E-state index contributed by atoms with van der Waals surface area (Å²) in [4.78, 5) is 14.4. The van der Waals surface area contributed by atoms with E-state index in [1.807, 2.05) is 6.92 Å². The summed E-state index contributed by atoms with van der Waals surface area (Å²) in [5, 5.41) is 171. The molecule has 9 fully saturated rings. The first-order valence-electron chi connectivity index (χ1n) is 26.7. The third kappa shape index (κ3) is 10.3. The van der Waals surface area contributed by atoms with Gasteiger partial charge in [-0.1, -0.05) is 19.9 Å². The summed E-state index contributed by atoms with van der Waals surface area (Å²) in [7, 11) is 0. The molecular weight excluding hydrogens is 1030 g/mol. The molecule has 77 heavy (non-hydrogen) atoms. The fourth-order valence-corrected chi connectivity index (χ4v) is 14.9. The summed E-state index contributed by atoms with van der Waals surface area (Å²) >= 11 is 0. The Kier molecular flexibility index (Phi) is 17.7. The van der Waals surface area contributed by atoms with Crippen molar-refractivity contribution in [2.45, 2.75) is 238 Å². The summed E-state index contributed by atoms with van der Waals surface area (Å²) in [6.45, 7) is 6.71. The maximum Gasteiger partial charge on any atom is 0.314 e. The smallest absolute Gasteiger partial charge is 0.314 e. The number of carbonyl (C=O) groups excluding carboxylic acids is 1.